The molecule has 0 N–H and O–H groups in total. The van der Waals surface area contributed by atoms with Crippen molar-refractivity contribution in [2.75, 3.05) is 0 Å². The fourth-order valence-corrected chi connectivity index (χ4v) is 3.96. The van der Waals surface area contributed by atoms with Crippen LogP contribution in [0.5, 0.6) is 0 Å². The van der Waals surface area contributed by atoms with Crippen molar-refractivity contribution in [2.45, 2.75) is 31.1 Å². The maximum atomic E-state index is 6.53. The molecule has 0 heterocycles. The van der Waals surface area contributed by atoms with Crippen LogP contribution in [0, 0.1) is 0 Å². The van der Waals surface area contributed by atoms with E-state index in [-0.39, 0.29) is 5.38 Å². The van der Waals surface area contributed by atoms with Gasteiger partial charge in [0.05, 0.1) is 5.38 Å². The third kappa shape index (κ3) is 1.68. The maximum Gasteiger partial charge on any atom is 0.0588 e. The molecule has 2 unspecified atom stereocenters. The van der Waals surface area contributed by atoms with E-state index in [0.717, 1.165) is 6.42 Å². The van der Waals surface area contributed by atoms with Crippen LogP contribution in [0.25, 0.3) is 21.5 Å². The Balaban J connectivity index is 2.14. The molecule has 2 atom stereocenters. The van der Waals surface area contributed by atoms with Crippen LogP contribution >= 0.6 is 11.6 Å². The molecule has 0 aliphatic heterocycles. The van der Waals surface area contributed by atoms with Gasteiger partial charge in [-0.3, -0.25) is 0 Å². The first-order valence-electron chi connectivity index (χ1n) is 7.34. The molecular weight excluding hydrogens is 264 g/mol. The number of alkyl halides is 1. The highest BCUT2D eigenvalue weighted by molar-refractivity contribution is 6.21. The normalized spacial score (nSPS) is 22.1. The molecule has 0 bridgehead atoms. The minimum atomic E-state index is 0.178. The van der Waals surface area contributed by atoms with Crippen LogP contribution in [0.15, 0.2) is 48.5 Å². The predicted octanol–water partition coefficient (Wildman–Crippen LogP) is 6.17. The van der Waals surface area contributed by atoms with Gasteiger partial charge in [-0.05, 0) is 51.4 Å². The Morgan fingerprint density at radius 1 is 0.850 bits per heavy atom. The number of fused-ring (bicyclic) bond motifs is 5. The predicted molar refractivity (Wildman–Crippen MR) is 87.7 cm³/mol. The topological polar surface area (TPSA) is 0 Å². The Kier molecular flexibility index (Phi) is 2.75. The molecule has 100 valence electrons. The Labute approximate surface area is 124 Å². The van der Waals surface area contributed by atoms with Gasteiger partial charge in [-0.25, -0.2) is 0 Å². The fourth-order valence-electron chi connectivity index (χ4n) is 3.65. The van der Waals surface area contributed by atoms with Crippen LogP contribution in [-0.4, -0.2) is 0 Å². The fraction of sp³-hybridized carbons (Fsp3) is 0.263. The highest BCUT2D eigenvalue weighted by atomic mass is 35.5. The standard InChI is InChI=1S/C19H17Cl/c1-12-6-11-18(20)17-10-9-15-14-5-3-2-4-13(14)7-8-16(15)19(12)17/h2-5,7-10,12,18H,6,11H2,1H3. The quantitative estimate of drug-likeness (QED) is 0.341. The second-order valence-corrected chi connectivity index (χ2v) is 6.42. The number of halogens is 1. The summed E-state index contributed by atoms with van der Waals surface area (Å²) in [6.45, 7) is 2.33. The van der Waals surface area contributed by atoms with Crippen LogP contribution in [0.1, 0.15) is 42.2 Å². The van der Waals surface area contributed by atoms with Gasteiger partial charge in [0.2, 0.25) is 0 Å². The molecule has 3 aromatic rings. The van der Waals surface area contributed by atoms with Crippen molar-refractivity contribution in [1.82, 2.24) is 0 Å². The molecule has 1 heteroatoms. The highest BCUT2D eigenvalue weighted by Gasteiger charge is 2.25. The lowest BCUT2D eigenvalue weighted by atomic mass is 9.80. The van der Waals surface area contributed by atoms with E-state index in [2.05, 4.69) is 55.5 Å². The van der Waals surface area contributed by atoms with Crippen molar-refractivity contribution in [3.05, 3.63) is 59.7 Å². The summed E-state index contributed by atoms with van der Waals surface area (Å²) in [6, 6.07) is 17.6. The minimum absolute atomic E-state index is 0.178. The Hall–Kier alpha value is -1.53. The molecule has 0 saturated carbocycles. The molecule has 20 heavy (non-hydrogen) atoms. The molecular formula is C19H17Cl. The average molecular weight is 281 g/mol. The van der Waals surface area contributed by atoms with E-state index >= 15 is 0 Å². The Morgan fingerprint density at radius 3 is 2.55 bits per heavy atom. The number of benzene rings is 3. The zero-order valence-electron chi connectivity index (χ0n) is 11.6. The van der Waals surface area contributed by atoms with E-state index in [1.807, 2.05) is 0 Å². The largest absolute Gasteiger partial charge is 0.118 e. The number of hydrogen-bond acceptors (Lipinski definition) is 0. The van der Waals surface area contributed by atoms with Crippen molar-refractivity contribution in [3.63, 3.8) is 0 Å². The lowest BCUT2D eigenvalue weighted by Crippen LogP contribution is -2.09. The maximum absolute atomic E-state index is 6.53. The minimum Gasteiger partial charge on any atom is -0.118 e. The van der Waals surface area contributed by atoms with E-state index in [4.69, 9.17) is 11.6 Å². The van der Waals surface area contributed by atoms with E-state index in [9.17, 15) is 0 Å². The second kappa shape index (κ2) is 4.49. The first kappa shape index (κ1) is 12.2. The average Bonchev–Trinajstić information content (AvgIpc) is 2.50. The lowest BCUT2D eigenvalue weighted by molar-refractivity contribution is 0.583. The van der Waals surface area contributed by atoms with Crippen molar-refractivity contribution in [2.24, 2.45) is 0 Å². The van der Waals surface area contributed by atoms with Gasteiger partial charge < -0.3 is 0 Å². The third-order valence-corrected chi connectivity index (χ3v) is 5.14. The molecule has 0 amide bonds. The van der Waals surface area contributed by atoms with Gasteiger partial charge >= 0.3 is 0 Å². The lowest BCUT2D eigenvalue weighted by Gasteiger charge is -2.28. The summed E-state index contributed by atoms with van der Waals surface area (Å²) >= 11 is 6.53. The first-order valence-corrected chi connectivity index (χ1v) is 7.77. The monoisotopic (exact) mass is 280 g/mol. The zero-order valence-corrected chi connectivity index (χ0v) is 12.3. The van der Waals surface area contributed by atoms with Gasteiger partial charge in [-0.2, -0.15) is 0 Å². The van der Waals surface area contributed by atoms with Gasteiger partial charge in [-0.15, -0.1) is 11.6 Å². The number of rotatable bonds is 0. The molecule has 0 aromatic heterocycles. The smallest absolute Gasteiger partial charge is 0.0588 e. The van der Waals surface area contributed by atoms with Crippen molar-refractivity contribution >= 4 is 33.1 Å². The Morgan fingerprint density at radius 2 is 1.65 bits per heavy atom. The molecule has 0 spiro atoms. The van der Waals surface area contributed by atoms with Gasteiger partial charge in [0.25, 0.3) is 0 Å². The molecule has 0 saturated heterocycles. The van der Waals surface area contributed by atoms with Crippen molar-refractivity contribution in [1.29, 1.82) is 0 Å². The van der Waals surface area contributed by atoms with Crippen molar-refractivity contribution in [3.8, 4) is 0 Å². The van der Waals surface area contributed by atoms with Crippen LogP contribution in [-0.2, 0) is 0 Å². The summed E-state index contributed by atoms with van der Waals surface area (Å²) in [6.07, 6.45) is 2.28. The molecule has 0 nitrogen and oxygen atoms in total. The molecule has 0 fully saturated rings. The van der Waals surface area contributed by atoms with E-state index in [1.54, 1.807) is 0 Å². The summed E-state index contributed by atoms with van der Waals surface area (Å²) in [4.78, 5) is 0. The molecule has 0 radical (unpaired) electrons. The molecule has 3 aromatic carbocycles. The molecule has 1 aliphatic carbocycles. The Bertz CT molecular complexity index is 803. The first-order chi connectivity index (χ1) is 9.75. The molecule has 4 rings (SSSR count). The van der Waals surface area contributed by atoms with Crippen LogP contribution in [0.2, 0.25) is 0 Å². The van der Waals surface area contributed by atoms with Gasteiger partial charge in [0, 0.05) is 0 Å². The van der Waals surface area contributed by atoms with E-state index < -0.39 is 0 Å². The highest BCUT2D eigenvalue weighted by Crippen LogP contribution is 2.44. The van der Waals surface area contributed by atoms with Gasteiger partial charge in [-0.1, -0.05) is 55.5 Å². The number of hydrogen-bond donors (Lipinski definition) is 0. The summed E-state index contributed by atoms with van der Waals surface area (Å²) in [7, 11) is 0. The van der Waals surface area contributed by atoms with Crippen LogP contribution < -0.4 is 0 Å². The summed E-state index contributed by atoms with van der Waals surface area (Å²) < 4.78 is 0. The van der Waals surface area contributed by atoms with E-state index in [1.165, 1.54) is 39.1 Å². The SMILES string of the molecule is CC1CCC(Cl)c2ccc3c(ccc4ccccc43)c21. The second-order valence-electron chi connectivity index (χ2n) is 5.90. The van der Waals surface area contributed by atoms with E-state index in [0.29, 0.717) is 5.92 Å². The summed E-state index contributed by atoms with van der Waals surface area (Å²) in [5.41, 5.74) is 2.81. The van der Waals surface area contributed by atoms with Gasteiger partial charge in [0.15, 0.2) is 0 Å². The third-order valence-electron chi connectivity index (χ3n) is 4.68. The van der Waals surface area contributed by atoms with Crippen LogP contribution in [0.3, 0.4) is 0 Å². The van der Waals surface area contributed by atoms with Gasteiger partial charge in [0.1, 0.15) is 0 Å². The summed E-state index contributed by atoms with van der Waals surface area (Å²) in [5, 5.41) is 5.58. The van der Waals surface area contributed by atoms with Crippen molar-refractivity contribution < 1.29 is 0 Å². The molecule has 1 aliphatic rings. The zero-order chi connectivity index (χ0) is 13.7. The van der Waals surface area contributed by atoms with Crippen LogP contribution in [0.4, 0.5) is 0 Å². The summed E-state index contributed by atoms with van der Waals surface area (Å²) in [5.74, 6) is 0.602.